The molecule has 0 saturated heterocycles. The van der Waals surface area contributed by atoms with E-state index in [1.54, 1.807) is 13.0 Å². The van der Waals surface area contributed by atoms with Crippen LogP contribution in [0.5, 0.6) is 0 Å². The summed E-state index contributed by atoms with van der Waals surface area (Å²) in [6, 6.07) is 4.55. The number of benzene rings is 1. The first-order chi connectivity index (χ1) is 7.23. The van der Waals surface area contributed by atoms with Gasteiger partial charge in [-0.25, -0.2) is 8.42 Å². The van der Waals surface area contributed by atoms with Crippen LogP contribution >= 0.6 is 0 Å². The SMILES string of the molecule is Cc1ccc(S(C)(=O)=O)cc1C(C)C(=O)O. The first kappa shape index (κ1) is 12.7. The van der Waals surface area contributed by atoms with Gasteiger partial charge in [0, 0.05) is 6.26 Å². The van der Waals surface area contributed by atoms with Crippen molar-refractivity contribution in [2.75, 3.05) is 6.26 Å². The molecule has 0 aromatic heterocycles. The van der Waals surface area contributed by atoms with Crippen molar-refractivity contribution in [2.45, 2.75) is 24.7 Å². The van der Waals surface area contributed by atoms with E-state index in [0.29, 0.717) is 5.56 Å². The lowest BCUT2D eigenvalue weighted by molar-refractivity contribution is -0.138. The maximum atomic E-state index is 11.3. The van der Waals surface area contributed by atoms with E-state index in [0.717, 1.165) is 11.8 Å². The Balaban J connectivity index is 3.35. The van der Waals surface area contributed by atoms with E-state index in [9.17, 15) is 13.2 Å². The number of carboxylic acids is 1. The summed E-state index contributed by atoms with van der Waals surface area (Å²) >= 11 is 0. The van der Waals surface area contributed by atoms with Crippen LogP contribution in [0, 0.1) is 6.92 Å². The molecule has 0 fully saturated rings. The lowest BCUT2D eigenvalue weighted by Crippen LogP contribution is -2.10. The van der Waals surface area contributed by atoms with E-state index in [1.165, 1.54) is 19.1 Å². The first-order valence-electron chi connectivity index (χ1n) is 4.77. The monoisotopic (exact) mass is 242 g/mol. The molecule has 0 saturated carbocycles. The summed E-state index contributed by atoms with van der Waals surface area (Å²) < 4.78 is 22.7. The molecule has 0 spiro atoms. The molecule has 1 aromatic rings. The minimum absolute atomic E-state index is 0.154. The Bertz CT molecular complexity index is 517. The van der Waals surface area contributed by atoms with Crippen molar-refractivity contribution in [1.29, 1.82) is 0 Å². The Kier molecular flexibility index (Phi) is 3.38. The van der Waals surface area contributed by atoms with Crippen molar-refractivity contribution >= 4 is 15.8 Å². The normalized spacial score (nSPS) is 13.4. The van der Waals surface area contributed by atoms with Gasteiger partial charge in [-0.05, 0) is 37.1 Å². The molecular formula is C11H14O4S. The zero-order valence-corrected chi connectivity index (χ0v) is 10.2. The number of aryl methyl sites for hydroxylation is 1. The van der Waals surface area contributed by atoms with Gasteiger partial charge in [0.25, 0.3) is 0 Å². The molecule has 4 nitrogen and oxygen atoms in total. The molecule has 88 valence electrons. The lowest BCUT2D eigenvalue weighted by atomic mass is 9.97. The van der Waals surface area contributed by atoms with E-state index in [4.69, 9.17) is 5.11 Å². The van der Waals surface area contributed by atoms with Crippen LogP contribution in [0.25, 0.3) is 0 Å². The van der Waals surface area contributed by atoms with Gasteiger partial charge in [0.1, 0.15) is 0 Å². The van der Waals surface area contributed by atoms with Gasteiger partial charge in [0.15, 0.2) is 9.84 Å². The molecule has 0 aliphatic heterocycles. The molecule has 0 bridgehead atoms. The molecule has 0 heterocycles. The van der Waals surface area contributed by atoms with E-state index in [2.05, 4.69) is 0 Å². The lowest BCUT2D eigenvalue weighted by Gasteiger charge is -2.11. The predicted octanol–water partition coefficient (Wildman–Crippen LogP) is 1.59. The van der Waals surface area contributed by atoms with E-state index in [1.807, 2.05) is 0 Å². The molecule has 0 radical (unpaired) electrons. The molecule has 1 atom stereocenters. The van der Waals surface area contributed by atoms with Crippen molar-refractivity contribution in [3.05, 3.63) is 29.3 Å². The van der Waals surface area contributed by atoms with Crippen LogP contribution in [-0.4, -0.2) is 25.7 Å². The van der Waals surface area contributed by atoms with Crippen LogP contribution < -0.4 is 0 Å². The summed E-state index contributed by atoms with van der Waals surface area (Å²) in [5.41, 5.74) is 1.32. The van der Waals surface area contributed by atoms with E-state index in [-0.39, 0.29) is 4.90 Å². The fraction of sp³-hybridized carbons (Fsp3) is 0.364. The van der Waals surface area contributed by atoms with Crippen LogP contribution in [0.1, 0.15) is 24.0 Å². The highest BCUT2D eigenvalue weighted by molar-refractivity contribution is 7.90. The van der Waals surface area contributed by atoms with Crippen LogP contribution in [-0.2, 0) is 14.6 Å². The van der Waals surface area contributed by atoms with Gasteiger partial charge in [-0.15, -0.1) is 0 Å². The van der Waals surface area contributed by atoms with Crippen LogP contribution in [0.15, 0.2) is 23.1 Å². The van der Waals surface area contributed by atoms with Gasteiger partial charge in [-0.2, -0.15) is 0 Å². The van der Waals surface area contributed by atoms with Gasteiger partial charge in [-0.1, -0.05) is 6.07 Å². The largest absolute Gasteiger partial charge is 0.481 e. The fourth-order valence-electron chi connectivity index (χ4n) is 1.45. The fourth-order valence-corrected chi connectivity index (χ4v) is 2.11. The molecule has 1 unspecified atom stereocenters. The van der Waals surface area contributed by atoms with Gasteiger partial charge in [0.05, 0.1) is 10.8 Å². The van der Waals surface area contributed by atoms with E-state index >= 15 is 0 Å². The third kappa shape index (κ3) is 2.61. The highest BCUT2D eigenvalue weighted by Gasteiger charge is 2.18. The Morgan fingerprint density at radius 3 is 2.38 bits per heavy atom. The third-order valence-corrected chi connectivity index (χ3v) is 3.63. The minimum Gasteiger partial charge on any atom is -0.481 e. The summed E-state index contributed by atoms with van der Waals surface area (Å²) in [6.45, 7) is 3.30. The quantitative estimate of drug-likeness (QED) is 0.873. The Labute approximate surface area is 94.8 Å². The zero-order chi connectivity index (χ0) is 12.5. The number of rotatable bonds is 3. The minimum atomic E-state index is -3.29. The average Bonchev–Trinajstić information content (AvgIpc) is 2.15. The number of sulfone groups is 1. The van der Waals surface area contributed by atoms with Gasteiger partial charge >= 0.3 is 5.97 Å². The molecule has 0 aliphatic rings. The van der Waals surface area contributed by atoms with Gasteiger partial charge < -0.3 is 5.11 Å². The highest BCUT2D eigenvalue weighted by Crippen LogP contribution is 2.23. The van der Waals surface area contributed by atoms with Crippen LogP contribution in [0.3, 0.4) is 0 Å². The number of carbonyl (C=O) groups is 1. The number of aliphatic carboxylic acids is 1. The maximum Gasteiger partial charge on any atom is 0.310 e. The molecule has 1 N–H and O–H groups in total. The smallest absolute Gasteiger partial charge is 0.310 e. The van der Waals surface area contributed by atoms with Gasteiger partial charge in [-0.3, -0.25) is 4.79 Å². The van der Waals surface area contributed by atoms with Gasteiger partial charge in [0.2, 0.25) is 0 Å². The molecule has 5 heteroatoms. The summed E-state index contributed by atoms with van der Waals surface area (Å²) in [6.07, 6.45) is 1.10. The highest BCUT2D eigenvalue weighted by atomic mass is 32.2. The van der Waals surface area contributed by atoms with Crippen molar-refractivity contribution in [2.24, 2.45) is 0 Å². The molecular weight excluding hydrogens is 228 g/mol. The zero-order valence-electron chi connectivity index (χ0n) is 9.39. The Morgan fingerprint density at radius 1 is 1.38 bits per heavy atom. The predicted molar refractivity (Wildman–Crippen MR) is 60.3 cm³/mol. The maximum absolute atomic E-state index is 11.3. The topological polar surface area (TPSA) is 71.4 Å². The van der Waals surface area contributed by atoms with Crippen molar-refractivity contribution in [3.63, 3.8) is 0 Å². The second-order valence-electron chi connectivity index (χ2n) is 3.85. The first-order valence-corrected chi connectivity index (χ1v) is 6.66. The molecule has 0 aliphatic carbocycles. The Hall–Kier alpha value is -1.36. The standard InChI is InChI=1S/C11H14O4S/c1-7-4-5-9(16(3,14)15)6-10(7)8(2)11(12)13/h4-6,8H,1-3H3,(H,12,13). The number of carboxylic acid groups (broad SMARTS) is 1. The summed E-state index contributed by atoms with van der Waals surface area (Å²) in [4.78, 5) is 11.0. The number of hydrogen-bond acceptors (Lipinski definition) is 3. The van der Waals surface area contributed by atoms with Crippen molar-refractivity contribution < 1.29 is 18.3 Å². The van der Waals surface area contributed by atoms with Crippen LogP contribution in [0.2, 0.25) is 0 Å². The summed E-state index contributed by atoms with van der Waals surface area (Å²) in [5, 5.41) is 8.90. The number of hydrogen-bond donors (Lipinski definition) is 1. The molecule has 16 heavy (non-hydrogen) atoms. The summed E-state index contributed by atoms with van der Waals surface area (Å²) in [7, 11) is -3.29. The average molecular weight is 242 g/mol. The van der Waals surface area contributed by atoms with Crippen molar-refractivity contribution in [3.8, 4) is 0 Å². The van der Waals surface area contributed by atoms with Crippen LogP contribution in [0.4, 0.5) is 0 Å². The second kappa shape index (κ2) is 4.25. The summed E-state index contributed by atoms with van der Waals surface area (Å²) in [5.74, 6) is -1.67. The third-order valence-electron chi connectivity index (χ3n) is 2.52. The second-order valence-corrected chi connectivity index (χ2v) is 5.87. The molecule has 0 amide bonds. The molecule has 1 rings (SSSR count). The molecule has 1 aromatic carbocycles. The van der Waals surface area contributed by atoms with E-state index < -0.39 is 21.7 Å². The Morgan fingerprint density at radius 2 is 1.94 bits per heavy atom. The van der Waals surface area contributed by atoms with Crippen molar-refractivity contribution in [1.82, 2.24) is 0 Å².